The van der Waals surface area contributed by atoms with Crippen LogP contribution in [0, 0.1) is 11.3 Å². The van der Waals surface area contributed by atoms with Gasteiger partial charge in [0.25, 0.3) is 0 Å². The maximum atomic E-state index is 11.2. The van der Waals surface area contributed by atoms with E-state index in [9.17, 15) is 15.0 Å². The highest BCUT2D eigenvalue weighted by Gasteiger charge is 2.27. The maximum absolute atomic E-state index is 11.2. The number of nitriles is 1. The molecule has 98 valence electrons. The number of fused-ring (bicyclic) bond motifs is 1. The molecular weight excluding hydrogens is 248 g/mol. The summed E-state index contributed by atoms with van der Waals surface area (Å²) in [6.07, 6.45) is -3.04. The van der Waals surface area contributed by atoms with E-state index in [4.69, 9.17) is 10.4 Å². The number of hydrogen-bond acceptors (Lipinski definition) is 4. The van der Waals surface area contributed by atoms with Crippen LogP contribution in [-0.4, -0.2) is 32.4 Å². The number of H-pyrrole nitrogens is 1. The minimum atomic E-state index is -1.43. The third-order valence-corrected chi connectivity index (χ3v) is 2.92. The zero-order valence-corrected chi connectivity index (χ0v) is 9.87. The Bertz CT molecular complexity index is 656. The number of aromatic carboxylic acids is 1. The maximum Gasteiger partial charge on any atom is 0.352 e. The standard InChI is InChI=1S/C13H12N2O4/c14-6-5-9(16)12(17)10-7-3-1-2-4-8(7)15-11(10)13(18)19/h1-4,9,12,15-17H,5H2,(H,18,19). The molecule has 2 atom stereocenters. The lowest BCUT2D eigenvalue weighted by molar-refractivity contribution is 0.0214. The molecule has 0 aliphatic carbocycles. The van der Waals surface area contributed by atoms with Gasteiger partial charge in [-0.2, -0.15) is 5.26 Å². The summed E-state index contributed by atoms with van der Waals surface area (Å²) < 4.78 is 0. The molecule has 0 fully saturated rings. The number of carboxylic acids is 1. The quantitative estimate of drug-likeness (QED) is 0.658. The summed E-state index contributed by atoms with van der Waals surface area (Å²) in [6.45, 7) is 0. The first kappa shape index (κ1) is 13.1. The van der Waals surface area contributed by atoms with E-state index in [0.29, 0.717) is 10.9 Å². The van der Waals surface area contributed by atoms with Gasteiger partial charge in [-0.3, -0.25) is 0 Å². The fourth-order valence-electron chi connectivity index (χ4n) is 2.04. The summed E-state index contributed by atoms with van der Waals surface area (Å²) in [5, 5.41) is 37.9. The van der Waals surface area contributed by atoms with Crippen molar-refractivity contribution in [3.05, 3.63) is 35.5 Å². The van der Waals surface area contributed by atoms with Gasteiger partial charge in [-0.05, 0) is 6.07 Å². The second kappa shape index (κ2) is 5.10. The number of carboxylic acid groups (broad SMARTS) is 1. The Labute approximate surface area is 108 Å². The predicted molar refractivity (Wildman–Crippen MR) is 66.5 cm³/mol. The number of hydrogen-bond donors (Lipinski definition) is 4. The fourth-order valence-corrected chi connectivity index (χ4v) is 2.04. The van der Waals surface area contributed by atoms with Crippen LogP contribution in [0.5, 0.6) is 0 Å². The molecule has 2 unspecified atom stereocenters. The number of rotatable bonds is 4. The molecule has 0 bridgehead atoms. The molecule has 2 rings (SSSR count). The predicted octanol–water partition coefficient (Wildman–Crippen LogP) is 1.17. The third-order valence-electron chi connectivity index (χ3n) is 2.92. The number of aliphatic hydroxyl groups excluding tert-OH is 2. The van der Waals surface area contributed by atoms with Crippen molar-refractivity contribution in [2.75, 3.05) is 0 Å². The van der Waals surface area contributed by atoms with Crippen LogP contribution in [0.4, 0.5) is 0 Å². The summed E-state index contributed by atoms with van der Waals surface area (Å²) in [5.41, 5.74) is 0.481. The molecule has 1 aromatic carbocycles. The van der Waals surface area contributed by atoms with Crippen molar-refractivity contribution in [1.82, 2.24) is 4.98 Å². The van der Waals surface area contributed by atoms with E-state index in [1.807, 2.05) is 0 Å². The highest BCUT2D eigenvalue weighted by molar-refractivity contribution is 5.97. The molecule has 6 heteroatoms. The first-order chi connectivity index (χ1) is 9.06. The molecule has 0 saturated heterocycles. The zero-order chi connectivity index (χ0) is 14.0. The normalized spacial score (nSPS) is 13.9. The van der Waals surface area contributed by atoms with Gasteiger partial charge in [0.05, 0.1) is 18.6 Å². The number of aromatic amines is 1. The van der Waals surface area contributed by atoms with Crippen LogP contribution in [0.25, 0.3) is 10.9 Å². The number of aromatic nitrogens is 1. The smallest absolute Gasteiger partial charge is 0.352 e. The average molecular weight is 260 g/mol. The summed E-state index contributed by atoms with van der Waals surface area (Å²) >= 11 is 0. The van der Waals surface area contributed by atoms with Crippen LogP contribution < -0.4 is 0 Å². The lowest BCUT2D eigenvalue weighted by Gasteiger charge is -2.15. The molecule has 0 spiro atoms. The van der Waals surface area contributed by atoms with Crippen LogP contribution in [-0.2, 0) is 0 Å². The van der Waals surface area contributed by atoms with Gasteiger partial charge >= 0.3 is 5.97 Å². The van der Waals surface area contributed by atoms with Crippen LogP contribution in [0.15, 0.2) is 24.3 Å². The van der Waals surface area contributed by atoms with Crippen molar-refractivity contribution in [1.29, 1.82) is 5.26 Å². The van der Waals surface area contributed by atoms with Gasteiger partial charge < -0.3 is 20.3 Å². The second-order valence-corrected chi connectivity index (χ2v) is 4.14. The largest absolute Gasteiger partial charge is 0.477 e. The molecule has 0 saturated carbocycles. The molecule has 2 aromatic rings. The molecule has 0 aliphatic heterocycles. The molecule has 1 heterocycles. The van der Waals surface area contributed by atoms with E-state index in [-0.39, 0.29) is 17.7 Å². The van der Waals surface area contributed by atoms with Gasteiger partial charge in [0.2, 0.25) is 0 Å². The molecule has 6 nitrogen and oxygen atoms in total. The topological polar surface area (TPSA) is 117 Å². The number of nitrogens with zero attached hydrogens (tertiary/aromatic N) is 1. The van der Waals surface area contributed by atoms with E-state index < -0.39 is 18.2 Å². The van der Waals surface area contributed by atoms with Gasteiger partial charge in [0.15, 0.2) is 0 Å². The number of benzene rings is 1. The van der Waals surface area contributed by atoms with Crippen LogP contribution in [0.2, 0.25) is 0 Å². The van der Waals surface area contributed by atoms with Gasteiger partial charge in [-0.25, -0.2) is 4.79 Å². The molecule has 19 heavy (non-hydrogen) atoms. The van der Waals surface area contributed by atoms with E-state index in [1.165, 1.54) is 0 Å². The van der Waals surface area contributed by atoms with Gasteiger partial charge in [0, 0.05) is 16.5 Å². The van der Waals surface area contributed by atoms with Crippen LogP contribution in [0.1, 0.15) is 28.6 Å². The Morgan fingerprint density at radius 3 is 2.68 bits per heavy atom. The van der Waals surface area contributed by atoms with Crippen molar-refractivity contribution in [2.45, 2.75) is 18.6 Å². The summed E-state index contributed by atoms with van der Waals surface area (Å²) in [7, 11) is 0. The van der Waals surface area contributed by atoms with Crippen molar-refractivity contribution >= 4 is 16.9 Å². The number of carbonyl (C=O) groups is 1. The third kappa shape index (κ3) is 2.29. The molecule has 1 aromatic heterocycles. The van der Waals surface area contributed by atoms with Crippen molar-refractivity contribution < 1.29 is 20.1 Å². The first-order valence-corrected chi connectivity index (χ1v) is 5.63. The number of para-hydroxylation sites is 1. The molecular formula is C13H12N2O4. The zero-order valence-electron chi connectivity index (χ0n) is 9.87. The highest BCUT2D eigenvalue weighted by Crippen LogP contribution is 2.30. The Hall–Kier alpha value is -2.36. The monoisotopic (exact) mass is 260 g/mol. The summed E-state index contributed by atoms with van der Waals surface area (Å²) in [6, 6.07) is 8.50. The first-order valence-electron chi connectivity index (χ1n) is 5.63. The summed E-state index contributed by atoms with van der Waals surface area (Å²) in [5.74, 6) is -1.23. The number of aliphatic hydroxyl groups is 2. The van der Waals surface area contributed by atoms with Crippen LogP contribution in [0.3, 0.4) is 0 Å². The minimum absolute atomic E-state index is 0.103. The second-order valence-electron chi connectivity index (χ2n) is 4.14. The van der Waals surface area contributed by atoms with Crippen molar-refractivity contribution in [2.24, 2.45) is 0 Å². The van der Waals surface area contributed by atoms with Gasteiger partial charge in [-0.15, -0.1) is 0 Å². The fraction of sp³-hybridized carbons (Fsp3) is 0.231. The van der Waals surface area contributed by atoms with Gasteiger partial charge in [-0.1, -0.05) is 18.2 Å². The minimum Gasteiger partial charge on any atom is -0.477 e. The molecule has 0 aliphatic rings. The Balaban J connectivity index is 2.60. The molecule has 4 N–H and O–H groups in total. The Kier molecular flexibility index (Phi) is 3.51. The Morgan fingerprint density at radius 1 is 1.37 bits per heavy atom. The van der Waals surface area contributed by atoms with Crippen molar-refractivity contribution in [3.63, 3.8) is 0 Å². The van der Waals surface area contributed by atoms with Crippen LogP contribution >= 0.6 is 0 Å². The SMILES string of the molecule is N#CCC(O)C(O)c1c(C(=O)O)[nH]c2ccccc12. The van der Waals surface area contributed by atoms with E-state index >= 15 is 0 Å². The highest BCUT2D eigenvalue weighted by atomic mass is 16.4. The van der Waals surface area contributed by atoms with E-state index in [2.05, 4.69) is 4.98 Å². The average Bonchev–Trinajstić information content (AvgIpc) is 2.77. The summed E-state index contributed by atoms with van der Waals surface area (Å²) in [4.78, 5) is 13.9. The van der Waals surface area contributed by atoms with E-state index in [1.54, 1.807) is 30.3 Å². The lowest BCUT2D eigenvalue weighted by Crippen LogP contribution is -2.19. The Morgan fingerprint density at radius 2 is 2.05 bits per heavy atom. The van der Waals surface area contributed by atoms with E-state index in [0.717, 1.165) is 0 Å². The van der Waals surface area contributed by atoms with Crippen molar-refractivity contribution in [3.8, 4) is 6.07 Å². The molecule has 0 amide bonds. The van der Waals surface area contributed by atoms with Gasteiger partial charge in [0.1, 0.15) is 11.8 Å². The number of nitrogens with one attached hydrogen (secondary N) is 1. The lowest BCUT2D eigenvalue weighted by atomic mass is 9.99. The molecule has 0 radical (unpaired) electrons.